The van der Waals surface area contributed by atoms with Crippen molar-refractivity contribution in [2.24, 2.45) is 0 Å². The van der Waals surface area contributed by atoms with Crippen molar-refractivity contribution in [3.63, 3.8) is 0 Å². The van der Waals surface area contributed by atoms with Crippen LogP contribution < -0.4 is 10.6 Å². The first-order chi connectivity index (χ1) is 16.1. The van der Waals surface area contributed by atoms with Crippen LogP contribution >= 0.6 is 0 Å². The van der Waals surface area contributed by atoms with Gasteiger partial charge < -0.3 is 20.7 Å². The van der Waals surface area contributed by atoms with E-state index in [0.29, 0.717) is 30.0 Å². The van der Waals surface area contributed by atoms with Gasteiger partial charge in [-0.2, -0.15) is 9.61 Å². The molecule has 8 nitrogen and oxygen atoms in total. The number of aromatic hydroxyl groups is 1. The smallest absolute Gasteiger partial charge is 0.267 e. The molecule has 3 heterocycles. The lowest BCUT2D eigenvalue weighted by molar-refractivity contribution is 0.0949. The molecule has 0 spiro atoms. The fourth-order valence-electron chi connectivity index (χ4n) is 3.82. The number of para-hydroxylation sites is 2. The topological polar surface area (TPSA) is 107 Å². The number of amides is 1. The van der Waals surface area contributed by atoms with Gasteiger partial charge in [0.2, 0.25) is 0 Å². The van der Waals surface area contributed by atoms with Crippen molar-refractivity contribution in [3.8, 4) is 17.0 Å². The fourth-order valence-corrected chi connectivity index (χ4v) is 3.82. The third-order valence-electron chi connectivity index (χ3n) is 5.55. The highest BCUT2D eigenvalue weighted by Crippen LogP contribution is 2.30. The molecule has 0 aliphatic carbocycles. The quantitative estimate of drug-likeness (QED) is 0.285. The van der Waals surface area contributed by atoms with Crippen LogP contribution in [0, 0.1) is 6.92 Å². The minimum atomic E-state index is -0.123. The van der Waals surface area contributed by atoms with E-state index >= 15 is 0 Å². The number of aromatic nitrogens is 4. The molecule has 0 unspecified atom stereocenters. The molecule has 166 valence electrons. The molecule has 0 atom stereocenters. The molecule has 0 bridgehead atoms. The number of H-pyrrole nitrogens is 1. The number of phenols is 1. The van der Waals surface area contributed by atoms with Crippen LogP contribution in [-0.4, -0.2) is 43.7 Å². The highest BCUT2D eigenvalue weighted by Gasteiger charge is 2.13. The lowest BCUT2D eigenvalue weighted by atomic mass is 10.1. The van der Waals surface area contributed by atoms with Gasteiger partial charge in [-0.25, -0.2) is 4.98 Å². The van der Waals surface area contributed by atoms with Crippen LogP contribution in [0.1, 0.15) is 22.5 Å². The van der Waals surface area contributed by atoms with Gasteiger partial charge in [0, 0.05) is 41.2 Å². The van der Waals surface area contributed by atoms with E-state index in [0.717, 1.165) is 34.4 Å². The summed E-state index contributed by atoms with van der Waals surface area (Å²) in [4.78, 5) is 20.3. The summed E-state index contributed by atoms with van der Waals surface area (Å²) in [5.41, 5.74) is 4.50. The molecular weight excluding hydrogens is 416 g/mol. The second-order valence-electron chi connectivity index (χ2n) is 7.91. The molecule has 0 saturated heterocycles. The zero-order valence-electron chi connectivity index (χ0n) is 18.2. The van der Waals surface area contributed by atoms with Crippen molar-refractivity contribution in [1.29, 1.82) is 0 Å². The van der Waals surface area contributed by atoms with Crippen LogP contribution in [0.3, 0.4) is 0 Å². The van der Waals surface area contributed by atoms with Crippen molar-refractivity contribution in [1.82, 2.24) is 24.9 Å². The molecule has 5 aromatic rings. The van der Waals surface area contributed by atoms with Gasteiger partial charge in [-0.05, 0) is 37.6 Å². The molecule has 0 aliphatic heterocycles. The lowest BCUT2D eigenvalue weighted by Gasteiger charge is -2.12. The first-order valence-corrected chi connectivity index (χ1v) is 10.8. The molecule has 1 amide bonds. The minimum Gasteiger partial charge on any atom is -0.507 e. The molecule has 3 aromatic heterocycles. The molecule has 8 heteroatoms. The Kier molecular flexibility index (Phi) is 5.40. The minimum absolute atomic E-state index is 0.123. The first-order valence-electron chi connectivity index (χ1n) is 10.8. The number of hydrogen-bond donors (Lipinski definition) is 4. The summed E-state index contributed by atoms with van der Waals surface area (Å²) in [6.45, 7) is 3.11. The summed E-state index contributed by atoms with van der Waals surface area (Å²) < 4.78 is 1.75. The first kappa shape index (κ1) is 20.6. The van der Waals surface area contributed by atoms with Gasteiger partial charge >= 0.3 is 0 Å². The molecular formula is C25H24N6O2. The Morgan fingerprint density at radius 2 is 1.91 bits per heavy atom. The number of benzene rings is 2. The number of rotatable bonds is 7. The third-order valence-corrected chi connectivity index (χ3v) is 5.55. The third kappa shape index (κ3) is 4.10. The van der Waals surface area contributed by atoms with Gasteiger partial charge in [0.15, 0.2) is 5.65 Å². The number of fused-ring (bicyclic) bond motifs is 2. The number of nitrogens with one attached hydrogen (secondary N) is 3. The maximum Gasteiger partial charge on any atom is 0.267 e. The number of aromatic amines is 1. The van der Waals surface area contributed by atoms with Crippen molar-refractivity contribution in [2.75, 3.05) is 18.4 Å². The maximum absolute atomic E-state index is 12.4. The Morgan fingerprint density at radius 1 is 1.09 bits per heavy atom. The summed E-state index contributed by atoms with van der Waals surface area (Å²) in [6.07, 6.45) is 2.49. The SMILES string of the molecule is Cc1cnn2c(NCCCNC(=O)c3cc4ccccc4[nH]3)cc(-c3ccccc3O)nc12. The van der Waals surface area contributed by atoms with E-state index in [2.05, 4.69) is 25.7 Å². The maximum atomic E-state index is 12.4. The van der Waals surface area contributed by atoms with Gasteiger partial charge in [-0.3, -0.25) is 4.79 Å². The average Bonchev–Trinajstić information content (AvgIpc) is 3.43. The Labute approximate surface area is 190 Å². The van der Waals surface area contributed by atoms with Gasteiger partial charge in [0.05, 0.1) is 11.9 Å². The van der Waals surface area contributed by atoms with Crippen LogP contribution in [0.15, 0.2) is 66.9 Å². The predicted octanol–water partition coefficient (Wildman–Crippen LogP) is 4.12. The van der Waals surface area contributed by atoms with Gasteiger partial charge in [0.25, 0.3) is 5.91 Å². The largest absolute Gasteiger partial charge is 0.507 e. The lowest BCUT2D eigenvalue weighted by Crippen LogP contribution is -2.26. The molecule has 0 radical (unpaired) electrons. The Morgan fingerprint density at radius 3 is 2.76 bits per heavy atom. The molecule has 33 heavy (non-hydrogen) atoms. The highest BCUT2D eigenvalue weighted by atomic mass is 16.3. The van der Waals surface area contributed by atoms with E-state index in [4.69, 9.17) is 0 Å². The van der Waals surface area contributed by atoms with E-state index < -0.39 is 0 Å². The summed E-state index contributed by atoms with van der Waals surface area (Å²) in [5.74, 6) is 0.826. The number of hydrogen-bond acceptors (Lipinski definition) is 5. The number of nitrogens with zero attached hydrogens (tertiary/aromatic N) is 3. The van der Waals surface area contributed by atoms with Gasteiger partial charge in [-0.1, -0.05) is 30.3 Å². The Balaban J connectivity index is 1.25. The molecule has 4 N–H and O–H groups in total. The number of anilines is 1. The second kappa shape index (κ2) is 8.66. The summed E-state index contributed by atoms with van der Waals surface area (Å²) in [7, 11) is 0. The van der Waals surface area contributed by atoms with Crippen LogP contribution in [0.5, 0.6) is 5.75 Å². The summed E-state index contributed by atoms with van der Waals surface area (Å²) in [6, 6.07) is 18.7. The molecule has 0 saturated carbocycles. The standard InChI is InChI=1S/C25H24N6O2/c1-16-15-28-31-23(14-20(30-24(16)31)18-8-3-5-10-22(18)32)26-11-6-12-27-25(33)21-13-17-7-2-4-9-19(17)29-21/h2-5,7-10,13-15,26,29,32H,6,11-12H2,1H3,(H,27,33). The van der Waals surface area contributed by atoms with Crippen LogP contribution in [-0.2, 0) is 0 Å². The average molecular weight is 441 g/mol. The van der Waals surface area contributed by atoms with Crippen LogP contribution in [0.4, 0.5) is 5.82 Å². The van der Waals surface area contributed by atoms with E-state index in [1.807, 2.05) is 55.5 Å². The Hall–Kier alpha value is -4.33. The van der Waals surface area contributed by atoms with E-state index in [9.17, 15) is 9.90 Å². The van der Waals surface area contributed by atoms with Gasteiger partial charge in [-0.15, -0.1) is 0 Å². The number of aryl methyl sites for hydroxylation is 1. The van der Waals surface area contributed by atoms with Crippen molar-refractivity contribution < 1.29 is 9.90 Å². The monoisotopic (exact) mass is 440 g/mol. The number of phenolic OH excluding ortho intramolecular Hbond substituents is 1. The van der Waals surface area contributed by atoms with Crippen LogP contribution in [0.25, 0.3) is 27.8 Å². The summed E-state index contributed by atoms with van der Waals surface area (Å²) >= 11 is 0. The number of carbonyl (C=O) groups excluding carboxylic acids is 1. The zero-order chi connectivity index (χ0) is 22.8. The van der Waals surface area contributed by atoms with Crippen LogP contribution in [0.2, 0.25) is 0 Å². The Bertz CT molecular complexity index is 1420. The predicted molar refractivity (Wildman–Crippen MR) is 129 cm³/mol. The summed E-state index contributed by atoms with van der Waals surface area (Å²) in [5, 5.41) is 22.0. The highest BCUT2D eigenvalue weighted by molar-refractivity contribution is 5.97. The fraction of sp³-hybridized carbons (Fsp3) is 0.160. The van der Waals surface area contributed by atoms with E-state index in [1.165, 1.54) is 0 Å². The molecule has 2 aromatic carbocycles. The van der Waals surface area contributed by atoms with E-state index in [1.54, 1.807) is 22.8 Å². The van der Waals surface area contributed by atoms with Crippen molar-refractivity contribution >= 4 is 28.3 Å². The zero-order valence-corrected chi connectivity index (χ0v) is 18.2. The van der Waals surface area contributed by atoms with Gasteiger partial charge in [0.1, 0.15) is 17.3 Å². The van der Waals surface area contributed by atoms with Crippen molar-refractivity contribution in [2.45, 2.75) is 13.3 Å². The normalized spacial score (nSPS) is 11.2. The molecule has 0 fully saturated rings. The second-order valence-corrected chi connectivity index (χ2v) is 7.91. The van der Waals surface area contributed by atoms with Crippen molar-refractivity contribution in [3.05, 3.63) is 78.1 Å². The molecule has 0 aliphatic rings. The molecule has 5 rings (SSSR count). The number of carbonyl (C=O) groups is 1. The van der Waals surface area contributed by atoms with E-state index in [-0.39, 0.29) is 11.7 Å².